The van der Waals surface area contributed by atoms with E-state index in [2.05, 4.69) is 30.6 Å². The highest BCUT2D eigenvalue weighted by Gasteiger charge is 2.14. The van der Waals surface area contributed by atoms with Crippen LogP contribution in [-0.2, 0) is 0 Å². The van der Waals surface area contributed by atoms with Gasteiger partial charge < -0.3 is 4.90 Å². The molecule has 0 aromatic carbocycles. The summed E-state index contributed by atoms with van der Waals surface area (Å²) < 4.78 is 0. The van der Waals surface area contributed by atoms with Crippen LogP contribution in [0.15, 0.2) is 0 Å². The zero-order valence-electron chi connectivity index (χ0n) is 8.97. The average molecular weight is 179 g/mol. The van der Waals surface area contributed by atoms with Crippen molar-refractivity contribution in [3.63, 3.8) is 0 Å². The van der Waals surface area contributed by atoms with Crippen LogP contribution in [0.2, 0.25) is 0 Å². The van der Waals surface area contributed by atoms with Crippen molar-refractivity contribution in [2.75, 3.05) is 19.6 Å². The summed E-state index contributed by atoms with van der Waals surface area (Å²) in [4.78, 5) is 2.55. The molecule has 0 radical (unpaired) electrons. The highest BCUT2D eigenvalue weighted by atomic mass is 15.1. The topological polar surface area (TPSA) is 3.24 Å². The van der Waals surface area contributed by atoms with E-state index in [4.69, 9.17) is 0 Å². The predicted octanol–water partition coefficient (Wildman–Crippen LogP) is 2.52. The molecular weight excluding hydrogens is 158 g/mol. The molecule has 1 fully saturated rings. The molecule has 0 aliphatic carbocycles. The molecule has 0 N–H and O–H groups in total. The van der Waals surface area contributed by atoms with Crippen molar-refractivity contribution >= 4 is 0 Å². The monoisotopic (exact) mass is 179 g/mol. The van der Waals surface area contributed by atoms with Gasteiger partial charge >= 0.3 is 0 Å². The Morgan fingerprint density at radius 2 is 1.92 bits per heavy atom. The molecule has 0 aromatic heterocycles. The molecule has 1 rings (SSSR count). The lowest BCUT2D eigenvalue weighted by Crippen LogP contribution is -2.33. The fourth-order valence-corrected chi connectivity index (χ4v) is 1.71. The van der Waals surface area contributed by atoms with Crippen molar-refractivity contribution < 1.29 is 0 Å². The molecule has 0 bridgehead atoms. The maximum absolute atomic E-state index is 3.20. The molecule has 13 heavy (non-hydrogen) atoms. The summed E-state index contributed by atoms with van der Waals surface area (Å²) in [5, 5.41) is 0. The van der Waals surface area contributed by atoms with Gasteiger partial charge in [-0.25, -0.2) is 0 Å². The van der Waals surface area contributed by atoms with E-state index < -0.39 is 0 Å². The first-order valence-corrected chi connectivity index (χ1v) is 5.51. The third-order valence-corrected chi connectivity index (χ3v) is 2.73. The molecule has 1 nitrogen and oxygen atoms in total. The van der Waals surface area contributed by atoms with Crippen LogP contribution < -0.4 is 0 Å². The van der Waals surface area contributed by atoms with Crippen molar-refractivity contribution in [1.29, 1.82) is 0 Å². The molecule has 0 amide bonds. The lowest BCUT2D eigenvalue weighted by Gasteiger charge is -2.29. The summed E-state index contributed by atoms with van der Waals surface area (Å²) >= 11 is 0. The third kappa shape index (κ3) is 4.33. The van der Waals surface area contributed by atoms with Gasteiger partial charge in [0.2, 0.25) is 0 Å². The smallest absolute Gasteiger partial charge is 0.0217 e. The summed E-state index contributed by atoms with van der Waals surface area (Å²) in [7, 11) is 0. The van der Waals surface area contributed by atoms with E-state index in [1.54, 1.807) is 0 Å². The maximum Gasteiger partial charge on any atom is 0.0217 e. The predicted molar refractivity (Wildman–Crippen MR) is 57.5 cm³/mol. The van der Waals surface area contributed by atoms with E-state index in [9.17, 15) is 0 Å². The largest absolute Gasteiger partial charge is 0.302 e. The van der Waals surface area contributed by atoms with Crippen LogP contribution in [0.3, 0.4) is 0 Å². The second kappa shape index (κ2) is 6.05. The third-order valence-electron chi connectivity index (χ3n) is 2.73. The Balaban J connectivity index is 2.09. The Hall–Kier alpha value is -0.480. The van der Waals surface area contributed by atoms with Crippen molar-refractivity contribution in [3.8, 4) is 11.8 Å². The van der Waals surface area contributed by atoms with Gasteiger partial charge in [0.1, 0.15) is 0 Å². The number of hydrogen-bond acceptors (Lipinski definition) is 1. The maximum atomic E-state index is 3.20. The normalized spacial score (nSPS) is 19.5. The molecule has 1 heteroatoms. The quantitative estimate of drug-likeness (QED) is 0.589. The summed E-state index contributed by atoms with van der Waals surface area (Å²) in [6, 6.07) is 0. The molecular formula is C12H21N. The van der Waals surface area contributed by atoms with E-state index >= 15 is 0 Å². The first-order chi connectivity index (χ1) is 6.33. The van der Waals surface area contributed by atoms with Gasteiger partial charge in [0.05, 0.1) is 0 Å². The number of piperidine rings is 1. The van der Waals surface area contributed by atoms with Crippen LogP contribution in [0.25, 0.3) is 0 Å². The first-order valence-electron chi connectivity index (χ1n) is 5.51. The van der Waals surface area contributed by atoms with E-state index in [0.717, 1.165) is 18.8 Å². The van der Waals surface area contributed by atoms with Gasteiger partial charge in [-0.05, 0) is 31.8 Å². The Kier molecular flexibility index (Phi) is 4.93. The lowest BCUT2D eigenvalue weighted by atomic mass is 9.99. The minimum absolute atomic E-state index is 0.943. The molecule has 74 valence electrons. The lowest BCUT2D eigenvalue weighted by molar-refractivity contribution is 0.196. The van der Waals surface area contributed by atoms with Gasteiger partial charge in [0, 0.05) is 19.4 Å². The Morgan fingerprint density at radius 3 is 2.54 bits per heavy atom. The zero-order chi connectivity index (χ0) is 9.52. The second-order valence-electron chi connectivity index (χ2n) is 3.98. The van der Waals surface area contributed by atoms with Crippen molar-refractivity contribution in [2.45, 2.75) is 39.5 Å². The molecule has 1 aliphatic rings. The molecule has 0 atom stereocenters. The minimum Gasteiger partial charge on any atom is -0.302 e. The van der Waals surface area contributed by atoms with Gasteiger partial charge in [-0.3, -0.25) is 0 Å². The molecule has 1 saturated heterocycles. The Labute approximate surface area is 82.5 Å². The van der Waals surface area contributed by atoms with E-state index in [1.807, 2.05) is 0 Å². The average Bonchev–Trinajstić information content (AvgIpc) is 2.15. The van der Waals surface area contributed by atoms with Gasteiger partial charge in [-0.15, -0.1) is 11.8 Å². The summed E-state index contributed by atoms with van der Waals surface area (Å²) in [6.07, 6.45) is 4.81. The van der Waals surface area contributed by atoms with E-state index in [1.165, 1.54) is 32.5 Å². The molecule has 0 saturated carbocycles. The molecule has 1 aliphatic heterocycles. The van der Waals surface area contributed by atoms with Crippen LogP contribution >= 0.6 is 0 Å². The minimum atomic E-state index is 0.943. The number of hydrogen-bond donors (Lipinski definition) is 0. The van der Waals surface area contributed by atoms with Crippen LogP contribution in [-0.4, -0.2) is 24.5 Å². The van der Waals surface area contributed by atoms with E-state index in [-0.39, 0.29) is 0 Å². The van der Waals surface area contributed by atoms with Crippen LogP contribution in [0.5, 0.6) is 0 Å². The zero-order valence-corrected chi connectivity index (χ0v) is 8.97. The second-order valence-corrected chi connectivity index (χ2v) is 3.98. The molecule has 0 aromatic rings. The van der Waals surface area contributed by atoms with Gasteiger partial charge in [-0.1, -0.05) is 13.8 Å². The standard InChI is InChI=1S/C12H21N/c1-3-4-5-6-9-13-10-7-12(2)8-11-13/h12H,3,6-11H2,1-2H3. The molecule has 0 unspecified atom stereocenters. The highest BCUT2D eigenvalue weighted by Crippen LogP contribution is 2.15. The van der Waals surface area contributed by atoms with Crippen molar-refractivity contribution in [2.24, 2.45) is 5.92 Å². The van der Waals surface area contributed by atoms with E-state index in [0.29, 0.717) is 0 Å². The highest BCUT2D eigenvalue weighted by molar-refractivity contribution is 4.98. The summed E-state index contributed by atoms with van der Waals surface area (Å²) in [5.41, 5.74) is 0. The fraction of sp³-hybridized carbons (Fsp3) is 0.833. The van der Waals surface area contributed by atoms with Crippen LogP contribution in [0, 0.1) is 17.8 Å². The van der Waals surface area contributed by atoms with Crippen molar-refractivity contribution in [3.05, 3.63) is 0 Å². The Bertz CT molecular complexity index is 179. The molecule has 0 spiro atoms. The molecule has 1 heterocycles. The number of likely N-dealkylation sites (tertiary alicyclic amines) is 1. The Morgan fingerprint density at radius 1 is 1.23 bits per heavy atom. The van der Waals surface area contributed by atoms with Gasteiger partial charge in [-0.2, -0.15) is 0 Å². The van der Waals surface area contributed by atoms with Crippen molar-refractivity contribution in [1.82, 2.24) is 4.90 Å². The SMILES string of the molecule is CCC#CCCN1CCC(C)CC1. The van der Waals surface area contributed by atoms with Gasteiger partial charge in [0.15, 0.2) is 0 Å². The van der Waals surface area contributed by atoms with Crippen LogP contribution in [0.1, 0.15) is 39.5 Å². The number of nitrogens with zero attached hydrogens (tertiary/aromatic N) is 1. The first kappa shape index (κ1) is 10.6. The van der Waals surface area contributed by atoms with Crippen LogP contribution in [0.4, 0.5) is 0 Å². The summed E-state index contributed by atoms with van der Waals surface area (Å²) in [6.45, 7) is 8.22. The number of rotatable bonds is 2. The summed E-state index contributed by atoms with van der Waals surface area (Å²) in [5.74, 6) is 7.26. The van der Waals surface area contributed by atoms with Gasteiger partial charge in [0.25, 0.3) is 0 Å². The fourth-order valence-electron chi connectivity index (χ4n) is 1.71.